The van der Waals surface area contributed by atoms with Gasteiger partial charge in [-0.2, -0.15) is 0 Å². The van der Waals surface area contributed by atoms with Crippen LogP contribution in [0.25, 0.3) is 0 Å². The van der Waals surface area contributed by atoms with Crippen LogP contribution in [0.15, 0.2) is 29.4 Å². The number of hydrogen-bond donors (Lipinski definition) is 1. The Labute approximate surface area is 190 Å². The summed E-state index contributed by atoms with van der Waals surface area (Å²) in [7, 11) is 1.33. The summed E-state index contributed by atoms with van der Waals surface area (Å²) in [5.74, 6) is 0.400. The van der Waals surface area contributed by atoms with Gasteiger partial charge in [-0.05, 0) is 37.1 Å². The SMILES string of the molecule is COC(=O)c1ccc(NC(=O)CSc2nnc(N3CCOCC3)n2CC2CCCO2)cc1. The van der Waals surface area contributed by atoms with Crippen molar-refractivity contribution in [3.8, 4) is 0 Å². The number of nitrogens with zero attached hydrogens (tertiary/aromatic N) is 4. The van der Waals surface area contributed by atoms with Crippen molar-refractivity contribution < 1.29 is 23.8 Å². The molecule has 2 fully saturated rings. The molecule has 1 aromatic heterocycles. The molecule has 2 aliphatic heterocycles. The lowest BCUT2D eigenvalue weighted by Gasteiger charge is -2.28. The monoisotopic (exact) mass is 461 g/mol. The summed E-state index contributed by atoms with van der Waals surface area (Å²) in [6.45, 7) is 4.28. The average Bonchev–Trinajstić information content (AvgIpc) is 3.49. The summed E-state index contributed by atoms with van der Waals surface area (Å²) in [5, 5.41) is 12.3. The highest BCUT2D eigenvalue weighted by Crippen LogP contribution is 2.26. The van der Waals surface area contributed by atoms with Gasteiger partial charge in [-0.25, -0.2) is 4.79 Å². The fourth-order valence-electron chi connectivity index (χ4n) is 3.67. The Bertz CT molecular complexity index is 923. The highest BCUT2D eigenvalue weighted by atomic mass is 32.2. The van der Waals surface area contributed by atoms with Crippen molar-refractivity contribution in [2.75, 3.05) is 56.0 Å². The molecule has 1 N–H and O–H groups in total. The second-order valence-electron chi connectivity index (χ2n) is 7.53. The Morgan fingerprint density at radius 2 is 1.97 bits per heavy atom. The van der Waals surface area contributed by atoms with E-state index in [1.165, 1.54) is 18.9 Å². The lowest BCUT2D eigenvalue weighted by molar-refractivity contribution is -0.113. The largest absolute Gasteiger partial charge is 0.465 e. The normalized spacial score (nSPS) is 18.5. The number of aromatic nitrogens is 3. The fraction of sp³-hybridized carbons (Fsp3) is 0.524. The van der Waals surface area contributed by atoms with E-state index in [4.69, 9.17) is 9.47 Å². The van der Waals surface area contributed by atoms with Crippen molar-refractivity contribution >= 4 is 35.3 Å². The number of amides is 1. The van der Waals surface area contributed by atoms with Crippen LogP contribution in [0.3, 0.4) is 0 Å². The van der Waals surface area contributed by atoms with E-state index in [0.717, 1.165) is 38.5 Å². The van der Waals surface area contributed by atoms with Gasteiger partial charge in [0.25, 0.3) is 0 Å². The van der Waals surface area contributed by atoms with E-state index in [9.17, 15) is 9.59 Å². The summed E-state index contributed by atoms with van der Waals surface area (Å²) in [5.41, 5.74) is 1.04. The number of esters is 1. The van der Waals surface area contributed by atoms with Crippen LogP contribution < -0.4 is 10.2 Å². The summed E-state index contributed by atoms with van der Waals surface area (Å²) in [6.07, 6.45) is 2.19. The van der Waals surface area contributed by atoms with Gasteiger partial charge < -0.3 is 24.4 Å². The number of carbonyl (C=O) groups excluding carboxylic acids is 2. The van der Waals surface area contributed by atoms with E-state index in [1.807, 2.05) is 0 Å². The number of anilines is 2. The van der Waals surface area contributed by atoms with Gasteiger partial charge in [-0.1, -0.05) is 11.8 Å². The number of rotatable bonds is 8. The van der Waals surface area contributed by atoms with Gasteiger partial charge in [0.2, 0.25) is 11.9 Å². The highest BCUT2D eigenvalue weighted by Gasteiger charge is 2.25. The molecular formula is C21H27N5O5S. The number of thioether (sulfide) groups is 1. The molecule has 172 valence electrons. The van der Waals surface area contributed by atoms with Gasteiger partial charge >= 0.3 is 5.97 Å². The second-order valence-corrected chi connectivity index (χ2v) is 8.48. The van der Waals surface area contributed by atoms with Crippen LogP contribution in [0.2, 0.25) is 0 Å². The van der Waals surface area contributed by atoms with Crippen molar-refractivity contribution in [3.63, 3.8) is 0 Å². The third-order valence-electron chi connectivity index (χ3n) is 5.32. The van der Waals surface area contributed by atoms with Crippen LogP contribution in [0.4, 0.5) is 11.6 Å². The maximum absolute atomic E-state index is 12.5. The number of morpholine rings is 1. The molecule has 4 rings (SSSR count). The molecular weight excluding hydrogens is 434 g/mol. The summed E-state index contributed by atoms with van der Waals surface area (Å²) >= 11 is 1.34. The minimum atomic E-state index is -0.417. The summed E-state index contributed by atoms with van der Waals surface area (Å²) < 4.78 is 18.0. The van der Waals surface area contributed by atoms with Crippen molar-refractivity contribution in [1.29, 1.82) is 0 Å². The van der Waals surface area contributed by atoms with Crippen molar-refractivity contribution in [3.05, 3.63) is 29.8 Å². The molecule has 2 aromatic rings. The van der Waals surface area contributed by atoms with Crippen LogP contribution in [0.1, 0.15) is 23.2 Å². The Hall–Kier alpha value is -2.63. The molecule has 0 radical (unpaired) electrons. The summed E-state index contributed by atoms with van der Waals surface area (Å²) in [4.78, 5) is 26.2. The van der Waals surface area contributed by atoms with Gasteiger partial charge in [-0.15, -0.1) is 10.2 Å². The number of hydrogen-bond acceptors (Lipinski definition) is 9. The Balaban J connectivity index is 1.39. The Morgan fingerprint density at radius 3 is 2.66 bits per heavy atom. The second kappa shape index (κ2) is 10.8. The molecule has 0 spiro atoms. The highest BCUT2D eigenvalue weighted by molar-refractivity contribution is 7.99. The number of ether oxygens (including phenoxy) is 3. The first-order valence-electron chi connectivity index (χ1n) is 10.6. The third-order valence-corrected chi connectivity index (χ3v) is 6.29. The molecule has 32 heavy (non-hydrogen) atoms. The quantitative estimate of drug-likeness (QED) is 0.465. The molecule has 10 nitrogen and oxygen atoms in total. The van der Waals surface area contributed by atoms with Crippen LogP contribution in [0, 0.1) is 0 Å². The minimum absolute atomic E-state index is 0.132. The topological polar surface area (TPSA) is 108 Å². The van der Waals surface area contributed by atoms with Crippen molar-refractivity contribution in [2.45, 2.75) is 30.6 Å². The zero-order valence-corrected chi connectivity index (χ0v) is 18.8. The van der Waals surface area contributed by atoms with Crippen LogP contribution in [-0.2, 0) is 25.5 Å². The molecule has 1 unspecified atom stereocenters. The van der Waals surface area contributed by atoms with E-state index < -0.39 is 5.97 Å². The van der Waals surface area contributed by atoms with Crippen LogP contribution >= 0.6 is 11.8 Å². The molecule has 1 amide bonds. The predicted molar refractivity (Wildman–Crippen MR) is 119 cm³/mol. The van der Waals surface area contributed by atoms with Crippen molar-refractivity contribution in [2.24, 2.45) is 0 Å². The van der Waals surface area contributed by atoms with Gasteiger partial charge in [0.05, 0.1) is 44.3 Å². The predicted octanol–water partition coefficient (Wildman–Crippen LogP) is 1.81. The number of nitrogens with one attached hydrogen (secondary N) is 1. The molecule has 11 heteroatoms. The van der Waals surface area contributed by atoms with Gasteiger partial charge in [-0.3, -0.25) is 9.36 Å². The molecule has 0 bridgehead atoms. The molecule has 1 aromatic carbocycles. The number of carbonyl (C=O) groups is 2. The standard InChI is InChI=1S/C21H27N5O5S/c1-29-19(28)15-4-6-16(7-5-15)22-18(27)14-32-21-24-23-20(25-8-11-30-12-9-25)26(21)13-17-3-2-10-31-17/h4-7,17H,2-3,8-14H2,1H3,(H,22,27). The first-order chi connectivity index (χ1) is 15.6. The van der Waals surface area contributed by atoms with Crippen LogP contribution in [-0.4, -0.2) is 78.5 Å². The molecule has 0 aliphatic carbocycles. The van der Waals surface area contributed by atoms with E-state index in [0.29, 0.717) is 36.2 Å². The first-order valence-corrected chi connectivity index (χ1v) is 11.6. The van der Waals surface area contributed by atoms with Gasteiger partial charge in [0, 0.05) is 25.4 Å². The van der Waals surface area contributed by atoms with E-state index in [2.05, 4.69) is 29.7 Å². The minimum Gasteiger partial charge on any atom is -0.465 e. The lowest BCUT2D eigenvalue weighted by Crippen LogP contribution is -2.38. The first kappa shape index (κ1) is 22.6. The number of methoxy groups -OCH3 is 1. The molecule has 1 atom stereocenters. The van der Waals surface area contributed by atoms with Crippen LogP contribution in [0.5, 0.6) is 0 Å². The van der Waals surface area contributed by atoms with Crippen molar-refractivity contribution in [1.82, 2.24) is 14.8 Å². The molecule has 2 saturated heterocycles. The molecule has 2 aliphatic rings. The summed E-state index contributed by atoms with van der Waals surface area (Å²) in [6, 6.07) is 6.57. The Morgan fingerprint density at radius 1 is 1.19 bits per heavy atom. The van der Waals surface area contributed by atoms with E-state index in [1.54, 1.807) is 24.3 Å². The van der Waals surface area contributed by atoms with E-state index >= 15 is 0 Å². The maximum atomic E-state index is 12.5. The lowest BCUT2D eigenvalue weighted by atomic mass is 10.2. The van der Waals surface area contributed by atoms with Gasteiger partial charge in [0.15, 0.2) is 5.16 Å². The maximum Gasteiger partial charge on any atom is 0.337 e. The Kier molecular flexibility index (Phi) is 7.61. The van der Waals surface area contributed by atoms with Gasteiger partial charge in [0.1, 0.15) is 0 Å². The molecule has 0 saturated carbocycles. The number of benzene rings is 1. The molecule has 3 heterocycles. The third kappa shape index (κ3) is 5.59. The zero-order chi connectivity index (χ0) is 22.3. The average molecular weight is 462 g/mol. The zero-order valence-electron chi connectivity index (χ0n) is 18.0. The smallest absolute Gasteiger partial charge is 0.337 e. The van der Waals surface area contributed by atoms with E-state index in [-0.39, 0.29) is 17.8 Å². The fourth-order valence-corrected chi connectivity index (χ4v) is 4.41.